The van der Waals surface area contributed by atoms with Gasteiger partial charge in [-0.05, 0) is 0 Å². The average molecular weight is 468 g/mol. The summed E-state index contributed by atoms with van der Waals surface area (Å²) < 4.78 is 24.5. The summed E-state index contributed by atoms with van der Waals surface area (Å²) in [6.45, 7) is 0. The number of methoxy groups -OCH3 is 2. The van der Waals surface area contributed by atoms with E-state index < -0.39 is 21.1 Å². The molecule has 0 N–H and O–H groups in total. The van der Waals surface area contributed by atoms with Gasteiger partial charge in [-0.3, -0.25) is 0 Å². The number of rotatable bonds is 8. The quantitative estimate of drug-likeness (QED) is 0.479. The van der Waals surface area contributed by atoms with Crippen LogP contribution in [-0.2, 0) is 21.1 Å². The van der Waals surface area contributed by atoms with Gasteiger partial charge in [-0.2, -0.15) is 0 Å². The molecule has 0 fully saturated rings. The molecule has 0 radical (unpaired) electrons. The number of hydrogen-bond acceptors (Lipinski definition) is 4. The normalized spacial score (nSPS) is 15.8. The Labute approximate surface area is 177 Å². The maximum atomic E-state index is 6.83. The van der Waals surface area contributed by atoms with Crippen molar-refractivity contribution in [2.24, 2.45) is 0 Å². The first-order chi connectivity index (χ1) is 14.2. The Bertz CT molecular complexity index is 838. The van der Waals surface area contributed by atoms with Crippen molar-refractivity contribution >= 4 is 0 Å². The van der Waals surface area contributed by atoms with Gasteiger partial charge >= 0.3 is 178 Å². The molecule has 29 heavy (non-hydrogen) atoms. The van der Waals surface area contributed by atoms with Gasteiger partial charge in [-0.15, -0.1) is 0 Å². The molecule has 0 saturated carbocycles. The van der Waals surface area contributed by atoms with E-state index in [1.807, 2.05) is 48.5 Å². The van der Waals surface area contributed by atoms with Crippen molar-refractivity contribution in [3.63, 3.8) is 0 Å². The summed E-state index contributed by atoms with van der Waals surface area (Å²) in [7, 11) is 3.32. The molecule has 2 aliphatic rings. The fourth-order valence-corrected chi connectivity index (χ4v) is 12.3. The zero-order chi connectivity index (χ0) is 20.1. The molecule has 5 heteroatoms. The van der Waals surface area contributed by atoms with E-state index in [9.17, 15) is 0 Å². The summed E-state index contributed by atoms with van der Waals surface area (Å²) in [4.78, 5) is 0. The molecule has 4 nitrogen and oxygen atoms in total. The van der Waals surface area contributed by atoms with Gasteiger partial charge in [0.2, 0.25) is 0 Å². The summed E-state index contributed by atoms with van der Waals surface area (Å²) in [5.74, 6) is 3.21. The molecule has 0 amide bonds. The second kappa shape index (κ2) is 8.88. The maximum absolute atomic E-state index is 6.83. The first-order valence-corrected chi connectivity index (χ1v) is 14.4. The zero-order valence-electron chi connectivity index (χ0n) is 16.5. The van der Waals surface area contributed by atoms with Crippen LogP contribution in [0.3, 0.4) is 0 Å². The fourth-order valence-electron chi connectivity index (χ4n) is 3.57. The van der Waals surface area contributed by atoms with Crippen LogP contribution in [0.15, 0.2) is 97.1 Å². The van der Waals surface area contributed by atoms with E-state index in [1.165, 1.54) is 0 Å². The Balaban J connectivity index is 1.74. The minimum atomic E-state index is -3.88. The molecule has 2 aliphatic carbocycles. The SMILES string of the molecule is COc1ccc([O][Zr]([O]c2ccc(OC)cc2)([CH]2C=CC=C2)[CH]2C=CC=C2)cc1. The van der Waals surface area contributed by atoms with Gasteiger partial charge in [-0.1, -0.05) is 0 Å². The van der Waals surface area contributed by atoms with E-state index in [0.717, 1.165) is 23.0 Å². The van der Waals surface area contributed by atoms with Gasteiger partial charge < -0.3 is 0 Å². The Morgan fingerprint density at radius 2 is 0.828 bits per heavy atom. The third-order valence-corrected chi connectivity index (χ3v) is 14.3. The Morgan fingerprint density at radius 1 is 0.517 bits per heavy atom. The van der Waals surface area contributed by atoms with Crippen molar-refractivity contribution in [2.75, 3.05) is 14.2 Å². The predicted octanol–water partition coefficient (Wildman–Crippen LogP) is 5.97. The van der Waals surface area contributed by atoms with E-state index in [4.69, 9.17) is 15.1 Å². The third kappa shape index (κ3) is 4.25. The van der Waals surface area contributed by atoms with E-state index in [2.05, 4.69) is 48.6 Å². The van der Waals surface area contributed by atoms with Crippen molar-refractivity contribution < 1.29 is 36.2 Å². The summed E-state index contributed by atoms with van der Waals surface area (Å²) >= 11 is -3.88. The molecule has 0 atom stereocenters. The summed E-state index contributed by atoms with van der Waals surface area (Å²) in [5, 5.41) is 0. The summed E-state index contributed by atoms with van der Waals surface area (Å²) in [5.41, 5.74) is 0. The third-order valence-electron chi connectivity index (χ3n) is 5.10. The van der Waals surface area contributed by atoms with Crippen LogP contribution in [0.5, 0.6) is 23.0 Å². The molecular formula is C24H24O4Zr. The van der Waals surface area contributed by atoms with Crippen LogP contribution in [0.4, 0.5) is 0 Å². The van der Waals surface area contributed by atoms with Crippen LogP contribution in [0.25, 0.3) is 0 Å². The number of ether oxygens (including phenoxy) is 2. The van der Waals surface area contributed by atoms with E-state index in [0.29, 0.717) is 0 Å². The van der Waals surface area contributed by atoms with Crippen LogP contribution in [0.2, 0.25) is 7.25 Å². The van der Waals surface area contributed by atoms with E-state index >= 15 is 0 Å². The summed E-state index contributed by atoms with van der Waals surface area (Å²) in [6.07, 6.45) is 17.1. The molecule has 0 aliphatic heterocycles. The van der Waals surface area contributed by atoms with Crippen molar-refractivity contribution in [3.05, 3.63) is 97.1 Å². The Hall–Kier alpha value is -2.52. The molecular weight excluding hydrogens is 443 g/mol. The van der Waals surface area contributed by atoms with Crippen molar-refractivity contribution in [1.29, 1.82) is 0 Å². The average Bonchev–Trinajstić information content (AvgIpc) is 3.49. The van der Waals surface area contributed by atoms with Crippen LogP contribution < -0.4 is 15.1 Å². The zero-order valence-corrected chi connectivity index (χ0v) is 19.0. The standard InChI is InChI=1S/2C7H8O2.2C5H5.Zr/c2*1-9-7-4-2-6(8)3-5-7;2*1-2-4-5-3-1;/h2*2-5,8H,1H3;2*1-5H;/q;;;;+2/p-2. The molecule has 0 aromatic heterocycles. The molecule has 0 bridgehead atoms. The minimum absolute atomic E-state index is 0.144. The van der Waals surface area contributed by atoms with Gasteiger partial charge in [0.05, 0.1) is 0 Å². The topological polar surface area (TPSA) is 36.9 Å². The van der Waals surface area contributed by atoms with E-state index in [1.54, 1.807) is 14.2 Å². The molecule has 0 saturated heterocycles. The Kier molecular flexibility index (Phi) is 6.06. The van der Waals surface area contributed by atoms with Crippen LogP contribution in [-0.4, -0.2) is 14.2 Å². The monoisotopic (exact) mass is 466 g/mol. The molecule has 0 spiro atoms. The molecule has 0 heterocycles. The van der Waals surface area contributed by atoms with Crippen LogP contribution in [0, 0.1) is 0 Å². The van der Waals surface area contributed by atoms with Gasteiger partial charge in [-0.25, -0.2) is 0 Å². The Morgan fingerprint density at radius 3 is 1.14 bits per heavy atom. The van der Waals surface area contributed by atoms with Crippen LogP contribution >= 0.6 is 0 Å². The first-order valence-electron chi connectivity index (χ1n) is 9.59. The molecule has 148 valence electrons. The van der Waals surface area contributed by atoms with Gasteiger partial charge in [0, 0.05) is 0 Å². The number of hydrogen-bond donors (Lipinski definition) is 0. The first kappa shape index (κ1) is 19.8. The van der Waals surface area contributed by atoms with Gasteiger partial charge in [0.1, 0.15) is 0 Å². The number of allylic oxidation sites excluding steroid dienone is 8. The van der Waals surface area contributed by atoms with Gasteiger partial charge in [0.25, 0.3) is 0 Å². The van der Waals surface area contributed by atoms with Crippen molar-refractivity contribution in [1.82, 2.24) is 0 Å². The molecule has 4 rings (SSSR count). The van der Waals surface area contributed by atoms with Crippen molar-refractivity contribution in [2.45, 2.75) is 7.25 Å². The predicted molar refractivity (Wildman–Crippen MR) is 111 cm³/mol. The van der Waals surface area contributed by atoms with E-state index in [-0.39, 0.29) is 7.25 Å². The molecule has 0 unspecified atom stereocenters. The number of benzene rings is 2. The fraction of sp³-hybridized carbons (Fsp3) is 0.167. The van der Waals surface area contributed by atoms with Crippen LogP contribution in [0.1, 0.15) is 0 Å². The molecule has 2 aromatic rings. The van der Waals surface area contributed by atoms with Gasteiger partial charge in [0.15, 0.2) is 0 Å². The van der Waals surface area contributed by atoms with Crippen molar-refractivity contribution in [3.8, 4) is 23.0 Å². The summed E-state index contributed by atoms with van der Waals surface area (Å²) in [6, 6.07) is 15.5. The second-order valence-corrected chi connectivity index (χ2v) is 14.7. The second-order valence-electron chi connectivity index (χ2n) is 6.87. The molecule has 2 aromatic carbocycles.